The fourth-order valence-electron chi connectivity index (χ4n) is 1.62. The van der Waals surface area contributed by atoms with E-state index >= 15 is 0 Å². The summed E-state index contributed by atoms with van der Waals surface area (Å²) < 4.78 is 4.75. The maximum absolute atomic E-state index is 11.6. The Hall–Kier alpha value is -1.88. The number of amides is 1. The van der Waals surface area contributed by atoms with Crippen molar-refractivity contribution >= 4 is 11.9 Å². The number of carbonyl (C=O) groups is 2. The molecule has 0 radical (unpaired) electrons. The Morgan fingerprint density at radius 1 is 1.32 bits per heavy atom. The molecule has 0 heterocycles. The van der Waals surface area contributed by atoms with Crippen molar-refractivity contribution in [3.63, 3.8) is 0 Å². The maximum Gasteiger partial charge on any atom is 0.328 e. The van der Waals surface area contributed by atoms with Crippen molar-refractivity contribution in [2.75, 3.05) is 13.7 Å². The van der Waals surface area contributed by atoms with E-state index in [1.54, 1.807) is 0 Å². The number of benzene rings is 1. The third-order valence-electron chi connectivity index (χ3n) is 2.73. The van der Waals surface area contributed by atoms with E-state index in [0.717, 1.165) is 5.56 Å². The van der Waals surface area contributed by atoms with Gasteiger partial charge in [0.1, 0.15) is 0 Å². The van der Waals surface area contributed by atoms with Gasteiger partial charge in [-0.1, -0.05) is 29.8 Å². The minimum absolute atomic E-state index is 0.0361. The second-order valence-corrected chi connectivity index (χ2v) is 4.40. The molecule has 1 rings (SSSR count). The highest BCUT2D eigenvalue weighted by atomic mass is 16.5. The number of hydrogen-bond acceptors (Lipinski definition) is 3. The van der Waals surface area contributed by atoms with E-state index in [0.29, 0.717) is 6.42 Å². The van der Waals surface area contributed by atoms with Crippen molar-refractivity contribution in [2.24, 2.45) is 0 Å². The molecule has 1 amide bonds. The standard InChI is InChI=1S/C14H19NO4/c1-10-3-5-11(6-4-10)7-8-13(16)15-12(9-19-2)14(17)18/h3-6,12H,7-9H2,1-2H3,(H,15,16)(H,17,18). The van der Waals surface area contributed by atoms with Crippen LogP contribution in [0.5, 0.6) is 0 Å². The highest BCUT2D eigenvalue weighted by Gasteiger charge is 2.19. The summed E-state index contributed by atoms with van der Waals surface area (Å²) in [5.74, 6) is -1.38. The molecule has 0 fully saturated rings. The van der Waals surface area contributed by atoms with Crippen molar-refractivity contribution in [1.29, 1.82) is 0 Å². The molecule has 0 aliphatic carbocycles. The molecule has 5 nitrogen and oxygen atoms in total. The third kappa shape index (κ3) is 5.52. The second-order valence-electron chi connectivity index (χ2n) is 4.40. The monoisotopic (exact) mass is 265 g/mol. The van der Waals surface area contributed by atoms with Gasteiger partial charge in [-0.3, -0.25) is 4.79 Å². The van der Waals surface area contributed by atoms with Crippen molar-refractivity contribution in [3.8, 4) is 0 Å². The number of nitrogens with one attached hydrogen (secondary N) is 1. The van der Waals surface area contributed by atoms with Crippen LogP contribution in [0, 0.1) is 6.92 Å². The summed E-state index contributed by atoms with van der Waals surface area (Å²) in [5.41, 5.74) is 2.22. The Balaban J connectivity index is 2.42. The van der Waals surface area contributed by atoms with Gasteiger partial charge in [0.15, 0.2) is 6.04 Å². The Labute approximate surface area is 112 Å². The normalized spacial score (nSPS) is 11.9. The molecule has 0 spiro atoms. The number of aryl methyl sites for hydroxylation is 2. The van der Waals surface area contributed by atoms with E-state index in [2.05, 4.69) is 5.32 Å². The average molecular weight is 265 g/mol. The van der Waals surface area contributed by atoms with Crippen molar-refractivity contribution in [2.45, 2.75) is 25.8 Å². The lowest BCUT2D eigenvalue weighted by molar-refractivity contribution is -0.143. The van der Waals surface area contributed by atoms with Gasteiger partial charge in [0, 0.05) is 13.5 Å². The number of carboxylic acids is 1. The van der Waals surface area contributed by atoms with Gasteiger partial charge in [0.25, 0.3) is 0 Å². The maximum atomic E-state index is 11.6. The van der Waals surface area contributed by atoms with Gasteiger partial charge in [-0.15, -0.1) is 0 Å². The molecule has 1 aromatic carbocycles. The highest BCUT2D eigenvalue weighted by Crippen LogP contribution is 2.05. The second kappa shape index (κ2) is 7.53. The molecule has 0 aliphatic rings. The van der Waals surface area contributed by atoms with Gasteiger partial charge in [-0.2, -0.15) is 0 Å². The summed E-state index contributed by atoms with van der Waals surface area (Å²) in [6.45, 7) is 1.96. The first kappa shape index (κ1) is 15.2. The Morgan fingerprint density at radius 3 is 2.47 bits per heavy atom. The summed E-state index contributed by atoms with van der Waals surface area (Å²) in [4.78, 5) is 22.5. The molecule has 5 heteroatoms. The lowest BCUT2D eigenvalue weighted by Crippen LogP contribution is -2.43. The fraction of sp³-hybridized carbons (Fsp3) is 0.429. The number of carboxylic acid groups (broad SMARTS) is 1. The number of hydrogen-bond donors (Lipinski definition) is 2. The van der Waals surface area contributed by atoms with Crippen molar-refractivity contribution < 1.29 is 19.4 Å². The summed E-state index contributed by atoms with van der Waals surface area (Å²) >= 11 is 0. The largest absolute Gasteiger partial charge is 0.480 e. The van der Waals surface area contributed by atoms with Gasteiger partial charge in [0.2, 0.25) is 5.91 Å². The molecule has 0 bridgehead atoms. The van der Waals surface area contributed by atoms with Gasteiger partial charge in [-0.25, -0.2) is 4.79 Å². The zero-order valence-electron chi connectivity index (χ0n) is 11.2. The Kier molecular flexibility index (Phi) is 6.02. The van der Waals surface area contributed by atoms with Crippen LogP contribution >= 0.6 is 0 Å². The molecule has 0 saturated heterocycles. The zero-order valence-corrected chi connectivity index (χ0v) is 11.2. The van der Waals surface area contributed by atoms with E-state index in [9.17, 15) is 9.59 Å². The molecular weight excluding hydrogens is 246 g/mol. The Bertz CT molecular complexity index is 428. The summed E-state index contributed by atoms with van der Waals surface area (Å²) in [7, 11) is 1.40. The lowest BCUT2D eigenvalue weighted by atomic mass is 10.1. The third-order valence-corrected chi connectivity index (χ3v) is 2.73. The van der Waals surface area contributed by atoms with Crippen molar-refractivity contribution in [3.05, 3.63) is 35.4 Å². The number of rotatable bonds is 7. The number of carbonyl (C=O) groups excluding carboxylic acids is 1. The minimum Gasteiger partial charge on any atom is -0.480 e. The average Bonchev–Trinajstić information content (AvgIpc) is 2.37. The molecule has 104 valence electrons. The van der Waals surface area contributed by atoms with Crippen LogP contribution in [0.15, 0.2) is 24.3 Å². The van der Waals surface area contributed by atoms with Crippen LogP contribution in [0.4, 0.5) is 0 Å². The fourth-order valence-corrected chi connectivity index (χ4v) is 1.62. The predicted octanol–water partition coefficient (Wildman–Crippen LogP) is 1.14. The first-order valence-corrected chi connectivity index (χ1v) is 6.09. The van der Waals surface area contributed by atoms with E-state index < -0.39 is 12.0 Å². The quantitative estimate of drug-likeness (QED) is 0.775. The number of aliphatic carboxylic acids is 1. The summed E-state index contributed by atoms with van der Waals surface area (Å²) in [6, 6.07) is 6.91. The summed E-state index contributed by atoms with van der Waals surface area (Å²) in [6.07, 6.45) is 0.849. The minimum atomic E-state index is -1.09. The van der Waals surface area contributed by atoms with Crippen LogP contribution in [0.25, 0.3) is 0 Å². The first-order chi connectivity index (χ1) is 9.02. The van der Waals surface area contributed by atoms with Crippen molar-refractivity contribution in [1.82, 2.24) is 5.32 Å². The molecule has 0 saturated carbocycles. The summed E-state index contributed by atoms with van der Waals surface area (Å²) in [5, 5.41) is 11.3. The van der Waals surface area contributed by atoms with E-state index in [-0.39, 0.29) is 18.9 Å². The molecule has 19 heavy (non-hydrogen) atoms. The van der Waals surface area contributed by atoms with Crippen LogP contribution in [-0.2, 0) is 20.7 Å². The van der Waals surface area contributed by atoms with E-state index in [4.69, 9.17) is 9.84 Å². The topological polar surface area (TPSA) is 75.6 Å². The number of methoxy groups -OCH3 is 1. The van der Waals surface area contributed by atoms with Gasteiger partial charge >= 0.3 is 5.97 Å². The van der Waals surface area contributed by atoms with Crippen LogP contribution in [0.2, 0.25) is 0 Å². The predicted molar refractivity (Wildman–Crippen MR) is 70.9 cm³/mol. The van der Waals surface area contributed by atoms with Gasteiger partial charge in [-0.05, 0) is 18.9 Å². The highest BCUT2D eigenvalue weighted by molar-refractivity contribution is 5.83. The first-order valence-electron chi connectivity index (χ1n) is 6.09. The van der Waals surface area contributed by atoms with Crippen LogP contribution in [-0.4, -0.2) is 36.7 Å². The van der Waals surface area contributed by atoms with E-state index in [1.165, 1.54) is 12.7 Å². The molecule has 0 aromatic heterocycles. The van der Waals surface area contributed by atoms with Crippen LogP contribution < -0.4 is 5.32 Å². The SMILES string of the molecule is COCC(NC(=O)CCc1ccc(C)cc1)C(=O)O. The Morgan fingerprint density at radius 2 is 1.95 bits per heavy atom. The lowest BCUT2D eigenvalue weighted by Gasteiger charge is -2.13. The zero-order chi connectivity index (χ0) is 14.3. The molecule has 0 aliphatic heterocycles. The molecule has 1 aromatic rings. The molecule has 1 atom stereocenters. The number of ether oxygens (including phenoxy) is 1. The van der Waals surface area contributed by atoms with Crippen LogP contribution in [0.3, 0.4) is 0 Å². The van der Waals surface area contributed by atoms with Gasteiger partial charge in [0.05, 0.1) is 6.61 Å². The van der Waals surface area contributed by atoms with E-state index in [1.807, 2.05) is 31.2 Å². The smallest absolute Gasteiger partial charge is 0.328 e. The molecule has 2 N–H and O–H groups in total. The van der Waals surface area contributed by atoms with Gasteiger partial charge < -0.3 is 15.2 Å². The molecule has 1 unspecified atom stereocenters. The van der Waals surface area contributed by atoms with Crippen LogP contribution in [0.1, 0.15) is 17.5 Å². The molecular formula is C14H19NO4.